The molecule has 222 valence electrons. The van der Waals surface area contributed by atoms with Gasteiger partial charge in [-0.3, -0.25) is 19.3 Å². The normalized spacial score (nSPS) is 11.6. The predicted molar refractivity (Wildman–Crippen MR) is 164 cm³/mol. The Morgan fingerprint density at radius 2 is 1.57 bits per heavy atom. The van der Waals surface area contributed by atoms with Gasteiger partial charge in [-0.2, -0.15) is 0 Å². The molecular formula is C31H38N6O4S. The molecule has 0 bridgehead atoms. The minimum absolute atomic E-state index is 0.155. The second-order valence-electron chi connectivity index (χ2n) is 9.64. The van der Waals surface area contributed by atoms with E-state index in [1.807, 2.05) is 67.6 Å². The van der Waals surface area contributed by atoms with Crippen molar-refractivity contribution in [1.29, 1.82) is 0 Å². The van der Waals surface area contributed by atoms with Crippen LogP contribution in [0.15, 0.2) is 84.3 Å². The van der Waals surface area contributed by atoms with E-state index in [0.717, 1.165) is 29.0 Å². The van der Waals surface area contributed by atoms with Gasteiger partial charge in [-0.1, -0.05) is 78.9 Å². The summed E-state index contributed by atoms with van der Waals surface area (Å²) in [5.41, 5.74) is 14.4. The van der Waals surface area contributed by atoms with Crippen molar-refractivity contribution in [2.24, 2.45) is 11.5 Å². The molecule has 3 rings (SSSR count). The average Bonchev–Trinajstić information content (AvgIpc) is 3.44. The molecule has 0 radical (unpaired) electrons. The molecule has 0 saturated heterocycles. The Morgan fingerprint density at radius 3 is 2.24 bits per heavy atom. The first-order valence-electron chi connectivity index (χ1n) is 13.9. The van der Waals surface area contributed by atoms with Gasteiger partial charge in [-0.25, -0.2) is 0 Å². The summed E-state index contributed by atoms with van der Waals surface area (Å²) in [6.45, 7) is 1.68. The van der Waals surface area contributed by atoms with Crippen molar-refractivity contribution in [3.05, 3.63) is 100 Å². The molecule has 1 heterocycles. The van der Waals surface area contributed by atoms with Crippen LogP contribution in [-0.2, 0) is 38.4 Å². The molecule has 5 N–H and O–H groups in total. The fourth-order valence-corrected chi connectivity index (χ4v) is 4.77. The molecule has 0 aliphatic rings. The summed E-state index contributed by atoms with van der Waals surface area (Å²) in [7, 11) is 0. The van der Waals surface area contributed by atoms with Crippen LogP contribution in [0, 0.1) is 0 Å². The molecule has 1 aromatic heterocycles. The first-order valence-corrected chi connectivity index (χ1v) is 14.7. The summed E-state index contributed by atoms with van der Waals surface area (Å²) in [6, 6.07) is 18.8. The van der Waals surface area contributed by atoms with Crippen LogP contribution in [0.2, 0.25) is 0 Å². The number of amides is 2. The Hall–Kier alpha value is -4.51. The third-order valence-corrected chi connectivity index (χ3v) is 7.08. The van der Waals surface area contributed by atoms with Gasteiger partial charge in [-0.05, 0) is 49.0 Å². The number of nitrogens with one attached hydrogen (secondary N) is 1. The lowest BCUT2D eigenvalue weighted by Crippen LogP contribution is -2.35. The van der Waals surface area contributed by atoms with Crippen LogP contribution >= 0.6 is 11.3 Å². The number of rotatable bonds is 16. The lowest BCUT2D eigenvalue weighted by Gasteiger charge is -2.19. The maximum Gasteiger partial charge on any atom is 0.307 e. The Morgan fingerprint density at radius 1 is 0.905 bits per heavy atom. The van der Waals surface area contributed by atoms with E-state index in [9.17, 15) is 14.4 Å². The van der Waals surface area contributed by atoms with Gasteiger partial charge < -0.3 is 21.5 Å². The Bertz CT molecular complexity index is 1360. The van der Waals surface area contributed by atoms with Gasteiger partial charge in [0, 0.05) is 18.5 Å². The van der Waals surface area contributed by atoms with Gasteiger partial charge in [0.2, 0.25) is 16.9 Å². The molecule has 0 spiro atoms. The second-order valence-corrected chi connectivity index (χ2v) is 10.7. The zero-order valence-corrected chi connectivity index (χ0v) is 24.6. The maximum absolute atomic E-state index is 13.1. The van der Waals surface area contributed by atoms with E-state index in [2.05, 4.69) is 15.5 Å². The number of anilines is 1. The monoisotopic (exact) mass is 590 g/mol. The molecule has 0 fully saturated rings. The summed E-state index contributed by atoms with van der Waals surface area (Å²) in [6.07, 6.45) is 7.53. The number of hydrogen-bond donors (Lipinski definition) is 3. The Labute approximate surface area is 250 Å². The molecule has 11 heteroatoms. The van der Waals surface area contributed by atoms with E-state index in [4.69, 9.17) is 16.2 Å². The number of nitrogens with zero attached hydrogens (tertiary/aromatic N) is 3. The molecule has 0 aliphatic carbocycles. The first kappa shape index (κ1) is 32.0. The quantitative estimate of drug-likeness (QED) is 0.0974. The number of carbonyl (C=O) groups excluding carboxylic acids is 3. The SMILES string of the molecule is CCCC(=O)OCN(C(=O)Cc1ccccc1)c1nnc(CCCC/C(N)=C/C=C(\N)NC(=O)Cc2ccccc2)s1. The van der Waals surface area contributed by atoms with E-state index in [1.165, 1.54) is 16.2 Å². The molecular weight excluding hydrogens is 552 g/mol. The van der Waals surface area contributed by atoms with Crippen molar-refractivity contribution in [1.82, 2.24) is 15.5 Å². The third-order valence-electron chi connectivity index (χ3n) is 6.07. The van der Waals surface area contributed by atoms with Gasteiger partial charge in [0.05, 0.1) is 12.8 Å². The van der Waals surface area contributed by atoms with Crippen molar-refractivity contribution < 1.29 is 19.1 Å². The zero-order valence-electron chi connectivity index (χ0n) is 23.8. The van der Waals surface area contributed by atoms with Crippen LogP contribution in [0.5, 0.6) is 0 Å². The standard InChI is InChI=1S/C31H38N6O4S/c1-2-11-30(40)41-22-37(29(39)21-24-14-7-4-8-15-24)31-36-35-28(42-31)17-10-9-16-25(32)18-19-26(33)34-27(38)20-23-12-5-3-6-13-23/h3-8,12-15,18-19H,2,9-11,16-17,20-22,32-33H2,1H3,(H,34,38)/b25-18-,26-19+. The van der Waals surface area contributed by atoms with E-state index >= 15 is 0 Å². The molecule has 2 aromatic carbocycles. The molecule has 3 aromatic rings. The second kappa shape index (κ2) is 17.3. The molecule has 42 heavy (non-hydrogen) atoms. The van der Waals surface area contributed by atoms with E-state index in [1.54, 1.807) is 12.2 Å². The van der Waals surface area contributed by atoms with Gasteiger partial charge >= 0.3 is 5.97 Å². The van der Waals surface area contributed by atoms with Crippen molar-refractivity contribution >= 4 is 34.3 Å². The van der Waals surface area contributed by atoms with Crippen molar-refractivity contribution in [3.63, 3.8) is 0 Å². The first-order chi connectivity index (χ1) is 20.3. The number of carbonyl (C=O) groups is 3. The summed E-state index contributed by atoms with van der Waals surface area (Å²) in [5.74, 6) is -0.559. The van der Waals surface area contributed by atoms with Crippen LogP contribution in [-0.4, -0.2) is 34.7 Å². The zero-order chi connectivity index (χ0) is 30.2. The summed E-state index contributed by atoms with van der Waals surface area (Å²) in [4.78, 5) is 38.6. The number of nitrogens with two attached hydrogens (primary N) is 2. The number of unbranched alkanes of at least 4 members (excludes halogenated alkanes) is 1. The van der Waals surface area contributed by atoms with E-state index in [-0.39, 0.29) is 49.6 Å². The van der Waals surface area contributed by atoms with E-state index in [0.29, 0.717) is 30.1 Å². The van der Waals surface area contributed by atoms with Crippen molar-refractivity contribution in [2.45, 2.75) is 58.3 Å². The predicted octanol–water partition coefficient (Wildman–Crippen LogP) is 4.13. The highest BCUT2D eigenvalue weighted by Gasteiger charge is 2.22. The fourth-order valence-electron chi connectivity index (χ4n) is 3.88. The Balaban J connectivity index is 1.48. The van der Waals surface area contributed by atoms with Crippen LogP contribution in [0.1, 0.15) is 55.2 Å². The van der Waals surface area contributed by atoms with Crippen molar-refractivity contribution in [3.8, 4) is 0 Å². The number of esters is 1. The van der Waals surface area contributed by atoms with Crippen molar-refractivity contribution in [2.75, 3.05) is 11.6 Å². The maximum atomic E-state index is 13.1. The molecule has 0 atom stereocenters. The lowest BCUT2D eigenvalue weighted by atomic mass is 10.1. The summed E-state index contributed by atoms with van der Waals surface area (Å²) < 4.78 is 5.33. The highest BCUT2D eigenvalue weighted by molar-refractivity contribution is 7.15. The Kier molecular flexibility index (Phi) is 13.2. The summed E-state index contributed by atoms with van der Waals surface area (Å²) >= 11 is 1.30. The van der Waals surface area contributed by atoms with Crippen LogP contribution in [0.3, 0.4) is 0 Å². The minimum atomic E-state index is -0.364. The molecule has 0 saturated carbocycles. The highest BCUT2D eigenvalue weighted by atomic mass is 32.1. The molecule has 10 nitrogen and oxygen atoms in total. The van der Waals surface area contributed by atoms with Crippen LogP contribution in [0.25, 0.3) is 0 Å². The number of aryl methyl sites for hydroxylation is 1. The number of ether oxygens (including phenoxy) is 1. The topological polar surface area (TPSA) is 154 Å². The number of hydrogen-bond acceptors (Lipinski definition) is 9. The minimum Gasteiger partial charge on any atom is -0.444 e. The van der Waals surface area contributed by atoms with Gasteiger partial charge in [0.15, 0.2) is 6.73 Å². The molecule has 2 amide bonds. The lowest BCUT2D eigenvalue weighted by molar-refractivity contribution is -0.144. The van der Waals surface area contributed by atoms with E-state index < -0.39 is 0 Å². The summed E-state index contributed by atoms with van der Waals surface area (Å²) in [5, 5.41) is 12.3. The van der Waals surface area contributed by atoms with Crippen LogP contribution in [0.4, 0.5) is 5.13 Å². The number of aromatic nitrogens is 2. The fraction of sp³-hybridized carbons (Fsp3) is 0.323. The largest absolute Gasteiger partial charge is 0.444 e. The number of allylic oxidation sites excluding steroid dienone is 3. The van der Waals surface area contributed by atoms with Gasteiger partial charge in [0.1, 0.15) is 10.8 Å². The van der Waals surface area contributed by atoms with Gasteiger partial charge in [0.25, 0.3) is 0 Å². The third kappa shape index (κ3) is 11.5. The smallest absolute Gasteiger partial charge is 0.307 e. The average molecular weight is 591 g/mol. The van der Waals surface area contributed by atoms with Gasteiger partial charge in [-0.15, -0.1) is 10.2 Å². The molecule has 0 unspecified atom stereocenters. The number of benzene rings is 2. The molecule has 0 aliphatic heterocycles. The highest BCUT2D eigenvalue weighted by Crippen LogP contribution is 2.23. The van der Waals surface area contributed by atoms with Crippen LogP contribution < -0.4 is 21.7 Å².